The molecular weight excluding hydrogens is 1140 g/mol. The van der Waals surface area contributed by atoms with Crippen molar-refractivity contribution < 1.29 is 80.2 Å². The molecule has 17 nitrogen and oxygen atoms in total. The first kappa shape index (κ1) is 84.1. The van der Waals surface area contributed by atoms with E-state index in [9.17, 15) is 43.2 Å². The van der Waals surface area contributed by atoms with E-state index in [-0.39, 0.29) is 25.7 Å². The van der Waals surface area contributed by atoms with Crippen LogP contribution in [0.4, 0.5) is 0 Å². The van der Waals surface area contributed by atoms with E-state index in [4.69, 9.17) is 37.0 Å². The molecule has 0 radical (unpaired) electrons. The van der Waals surface area contributed by atoms with E-state index in [2.05, 4.69) is 41.5 Å². The third-order valence-electron chi connectivity index (χ3n) is 15.5. The highest BCUT2D eigenvalue weighted by Gasteiger charge is 2.30. The molecule has 0 aliphatic carbocycles. The summed E-state index contributed by atoms with van der Waals surface area (Å²) in [5.74, 6) is -0.594. The molecule has 0 saturated heterocycles. The van der Waals surface area contributed by atoms with Crippen molar-refractivity contribution >= 4 is 39.5 Å². The first-order chi connectivity index (χ1) is 41.4. The van der Waals surface area contributed by atoms with Gasteiger partial charge in [0.2, 0.25) is 0 Å². The summed E-state index contributed by atoms with van der Waals surface area (Å²) in [5, 5.41) is 10.6. The van der Waals surface area contributed by atoms with Crippen molar-refractivity contribution in [3.63, 3.8) is 0 Å². The quantitative estimate of drug-likeness (QED) is 0.0222. The van der Waals surface area contributed by atoms with Crippen molar-refractivity contribution in [2.24, 2.45) is 11.8 Å². The molecule has 19 heteroatoms. The van der Waals surface area contributed by atoms with Gasteiger partial charge in [0.1, 0.15) is 19.3 Å². The minimum atomic E-state index is -4.95. The molecule has 510 valence electrons. The van der Waals surface area contributed by atoms with Crippen LogP contribution < -0.4 is 0 Å². The Kier molecular flexibility index (Phi) is 58.0. The summed E-state index contributed by atoms with van der Waals surface area (Å²) < 4.78 is 68.1. The normalized spacial score (nSPS) is 14.2. The van der Waals surface area contributed by atoms with Gasteiger partial charge in [0.15, 0.2) is 12.2 Å². The number of aliphatic hydroxyl groups excluding tert-OH is 1. The van der Waals surface area contributed by atoms with Crippen LogP contribution >= 0.6 is 15.6 Å². The summed E-state index contributed by atoms with van der Waals surface area (Å²) in [6, 6.07) is 0. The van der Waals surface area contributed by atoms with Gasteiger partial charge in [-0.25, -0.2) is 9.13 Å². The number of esters is 4. The third-order valence-corrected chi connectivity index (χ3v) is 17.4. The summed E-state index contributed by atoms with van der Waals surface area (Å²) in [4.78, 5) is 72.3. The van der Waals surface area contributed by atoms with Gasteiger partial charge in [-0.05, 0) is 37.5 Å². The zero-order valence-electron chi connectivity index (χ0n) is 55.6. The first-order valence-electron chi connectivity index (χ1n) is 35.0. The Morgan fingerprint density at radius 2 is 0.535 bits per heavy atom. The summed E-state index contributed by atoms with van der Waals surface area (Å²) in [7, 11) is -9.89. The standard InChI is InChI=1S/C67H130O17P2/c1-7-9-11-13-15-17-26-33-39-45-51-66(71)83-62(55-77-64(69)49-43-37-31-16-14-12-10-8-2)57-81-85(73,74)79-53-61(68)54-80-86(75,76)82-58-63(84-67(72)52-46-40-34-28-23-19-21-25-30-36-42-48-60(5)6)56-78-65(70)50-44-38-32-27-22-18-20-24-29-35-41-47-59(3)4/h59-63,68H,7-58H2,1-6H3,(H,73,74)(H,75,76)/t61-,62+,63+/m0/s1. The molecule has 0 heterocycles. The highest BCUT2D eigenvalue weighted by Crippen LogP contribution is 2.45. The molecule has 0 rings (SSSR count). The number of unbranched alkanes of at least 4 members (excludes halogenated alkanes) is 36. The third kappa shape index (κ3) is 60.9. The Hall–Kier alpha value is -1.94. The lowest BCUT2D eigenvalue weighted by molar-refractivity contribution is -0.161. The number of carbonyl (C=O) groups excluding carboxylic acids is 4. The molecule has 0 fully saturated rings. The SMILES string of the molecule is CCCCCCCCCCCCC(=O)O[C@H](COC(=O)CCCCCCCCCC)COP(=O)(O)OC[C@H](O)COP(=O)(O)OC[C@@H](COC(=O)CCCCCCCCCCCCCC(C)C)OC(=O)CCCCCCCCCCCCCC(C)C. The fourth-order valence-electron chi connectivity index (χ4n) is 10.1. The second-order valence-electron chi connectivity index (χ2n) is 25.2. The van der Waals surface area contributed by atoms with Gasteiger partial charge >= 0.3 is 39.5 Å². The fourth-order valence-corrected chi connectivity index (χ4v) is 11.6. The van der Waals surface area contributed by atoms with Crippen LogP contribution in [0.1, 0.15) is 337 Å². The number of phosphoric acid groups is 2. The van der Waals surface area contributed by atoms with Gasteiger partial charge in [-0.15, -0.1) is 0 Å². The topological polar surface area (TPSA) is 237 Å². The predicted octanol–water partition coefficient (Wildman–Crippen LogP) is 18.8. The van der Waals surface area contributed by atoms with Crippen LogP contribution in [0, 0.1) is 11.8 Å². The molecule has 0 amide bonds. The van der Waals surface area contributed by atoms with E-state index in [1.165, 1.54) is 148 Å². The van der Waals surface area contributed by atoms with E-state index < -0.39 is 97.5 Å². The zero-order chi connectivity index (χ0) is 63.6. The maximum Gasteiger partial charge on any atom is 0.472 e. The minimum absolute atomic E-state index is 0.106. The zero-order valence-corrected chi connectivity index (χ0v) is 57.4. The Morgan fingerprint density at radius 3 is 0.791 bits per heavy atom. The summed E-state index contributed by atoms with van der Waals surface area (Å²) in [6.07, 6.45) is 43.0. The number of carbonyl (C=O) groups is 4. The number of rotatable bonds is 66. The van der Waals surface area contributed by atoms with Crippen LogP contribution in [0.3, 0.4) is 0 Å². The molecule has 0 bridgehead atoms. The molecule has 0 saturated carbocycles. The van der Waals surface area contributed by atoms with E-state index in [0.717, 1.165) is 108 Å². The molecule has 0 aromatic carbocycles. The average molecular weight is 1270 g/mol. The van der Waals surface area contributed by atoms with Crippen LogP contribution in [0.15, 0.2) is 0 Å². The van der Waals surface area contributed by atoms with Gasteiger partial charge in [0.25, 0.3) is 0 Å². The number of hydrogen-bond acceptors (Lipinski definition) is 15. The first-order valence-corrected chi connectivity index (χ1v) is 38.0. The molecule has 5 atom stereocenters. The van der Waals surface area contributed by atoms with Crippen molar-refractivity contribution in [2.75, 3.05) is 39.6 Å². The van der Waals surface area contributed by atoms with E-state index in [0.29, 0.717) is 25.7 Å². The molecule has 0 aliphatic heterocycles. The lowest BCUT2D eigenvalue weighted by Crippen LogP contribution is -2.30. The molecule has 0 spiro atoms. The Bertz CT molecular complexity index is 1680. The lowest BCUT2D eigenvalue weighted by atomic mass is 10.0. The van der Waals surface area contributed by atoms with Crippen LogP contribution in [0.2, 0.25) is 0 Å². The van der Waals surface area contributed by atoms with E-state index in [1.54, 1.807) is 0 Å². The number of ether oxygens (including phenoxy) is 4. The fraction of sp³-hybridized carbons (Fsp3) is 0.940. The molecule has 0 aromatic rings. The van der Waals surface area contributed by atoms with Crippen molar-refractivity contribution in [2.45, 2.75) is 355 Å². The smallest absolute Gasteiger partial charge is 0.462 e. The van der Waals surface area contributed by atoms with Crippen molar-refractivity contribution in [1.82, 2.24) is 0 Å². The molecular formula is C67H130O17P2. The van der Waals surface area contributed by atoms with Gasteiger partial charge in [0, 0.05) is 25.7 Å². The summed E-state index contributed by atoms with van der Waals surface area (Å²) in [5.41, 5.74) is 0. The molecule has 0 aromatic heterocycles. The van der Waals surface area contributed by atoms with Gasteiger partial charge < -0.3 is 33.8 Å². The number of aliphatic hydroxyl groups is 1. The predicted molar refractivity (Wildman–Crippen MR) is 345 cm³/mol. The largest absolute Gasteiger partial charge is 0.472 e. The van der Waals surface area contributed by atoms with E-state index >= 15 is 0 Å². The van der Waals surface area contributed by atoms with Crippen LogP contribution in [0.25, 0.3) is 0 Å². The highest BCUT2D eigenvalue weighted by atomic mass is 31.2. The molecule has 86 heavy (non-hydrogen) atoms. The van der Waals surface area contributed by atoms with Crippen LogP contribution in [0.5, 0.6) is 0 Å². The monoisotopic (exact) mass is 1270 g/mol. The summed E-state index contributed by atoms with van der Waals surface area (Å²) in [6.45, 7) is 9.50. The molecule has 2 unspecified atom stereocenters. The Labute approximate surface area is 524 Å². The van der Waals surface area contributed by atoms with E-state index in [1.807, 2.05) is 0 Å². The maximum atomic E-state index is 13.0. The lowest BCUT2D eigenvalue weighted by Gasteiger charge is -2.21. The highest BCUT2D eigenvalue weighted by molar-refractivity contribution is 7.47. The Balaban J connectivity index is 5.22. The van der Waals surface area contributed by atoms with Gasteiger partial charge in [-0.1, -0.05) is 286 Å². The summed E-state index contributed by atoms with van der Waals surface area (Å²) >= 11 is 0. The average Bonchev–Trinajstić information content (AvgIpc) is 3.61. The minimum Gasteiger partial charge on any atom is -0.462 e. The van der Waals surface area contributed by atoms with Crippen molar-refractivity contribution in [1.29, 1.82) is 0 Å². The Morgan fingerprint density at radius 1 is 0.314 bits per heavy atom. The maximum absolute atomic E-state index is 13.0. The number of phosphoric ester groups is 2. The van der Waals surface area contributed by atoms with Crippen LogP contribution in [-0.4, -0.2) is 96.7 Å². The van der Waals surface area contributed by atoms with Crippen molar-refractivity contribution in [3.8, 4) is 0 Å². The van der Waals surface area contributed by atoms with Crippen molar-refractivity contribution in [3.05, 3.63) is 0 Å². The van der Waals surface area contributed by atoms with Gasteiger partial charge in [0.05, 0.1) is 26.4 Å². The van der Waals surface area contributed by atoms with Crippen LogP contribution in [-0.2, 0) is 65.4 Å². The second kappa shape index (κ2) is 59.4. The van der Waals surface area contributed by atoms with Gasteiger partial charge in [-0.3, -0.25) is 37.3 Å². The van der Waals surface area contributed by atoms with Gasteiger partial charge in [-0.2, -0.15) is 0 Å². The number of hydrogen-bond donors (Lipinski definition) is 3. The second-order valence-corrected chi connectivity index (χ2v) is 28.1. The molecule has 3 N–H and O–H groups in total. The molecule has 0 aliphatic rings.